The van der Waals surface area contributed by atoms with Gasteiger partial charge in [-0.15, -0.1) is 0 Å². The molecule has 0 aliphatic carbocycles. The van der Waals surface area contributed by atoms with Crippen LogP contribution >= 0.6 is 11.6 Å². The van der Waals surface area contributed by atoms with Gasteiger partial charge in [-0.3, -0.25) is 0 Å². The molecule has 39 heavy (non-hydrogen) atoms. The summed E-state index contributed by atoms with van der Waals surface area (Å²) in [5.74, 6) is 0. The quantitative estimate of drug-likeness (QED) is 0.223. The van der Waals surface area contributed by atoms with Crippen molar-refractivity contribution in [2.75, 3.05) is 4.90 Å². The number of hydrogen-bond donors (Lipinski definition) is 0. The van der Waals surface area contributed by atoms with E-state index in [0.29, 0.717) is 0 Å². The van der Waals surface area contributed by atoms with E-state index < -0.39 is 0 Å². The molecule has 3 heteroatoms. The Morgan fingerprint density at radius 1 is 0.410 bits per heavy atom. The van der Waals surface area contributed by atoms with Crippen molar-refractivity contribution in [1.29, 1.82) is 0 Å². The number of fused-ring (bicyclic) bond motifs is 3. The van der Waals surface area contributed by atoms with E-state index in [-0.39, 0.29) is 0 Å². The van der Waals surface area contributed by atoms with Crippen molar-refractivity contribution in [3.05, 3.63) is 169 Å². The van der Waals surface area contributed by atoms with Crippen LogP contribution in [0.3, 0.4) is 0 Å². The topological polar surface area (TPSA) is 8.17 Å². The van der Waals surface area contributed by atoms with E-state index in [0.717, 1.165) is 27.8 Å². The van der Waals surface area contributed by atoms with Gasteiger partial charge in [0, 0.05) is 27.2 Å². The summed E-state index contributed by atoms with van der Waals surface area (Å²) in [4.78, 5) is 2.33. The Balaban J connectivity index is 0.000000346. The van der Waals surface area contributed by atoms with E-state index in [2.05, 4.69) is 143 Å². The van der Waals surface area contributed by atoms with Crippen LogP contribution in [0.2, 0.25) is 5.02 Å². The number of hydrogen-bond acceptors (Lipinski definition) is 1. The maximum Gasteiger partial charge on any atom is 0.0702 e. The third kappa shape index (κ3) is 5.03. The Labute approximate surface area is 234 Å². The molecule has 1 heterocycles. The van der Waals surface area contributed by atoms with Gasteiger partial charge in [-0.2, -0.15) is 0 Å². The number of nitrogens with zero attached hydrogens (tertiary/aromatic N) is 2. The van der Waals surface area contributed by atoms with E-state index in [1.54, 1.807) is 0 Å². The van der Waals surface area contributed by atoms with Gasteiger partial charge < -0.3 is 9.47 Å². The van der Waals surface area contributed by atoms with Gasteiger partial charge in [-0.1, -0.05) is 115 Å². The molecule has 0 spiro atoms. The first-order valence-electron chi connectivity index (χ1n) is 13.0. The lowest BCUT2D eigenvalue weighted by Crippen LogP contribution is -2.12. The highest BCUT2D eigenvalue weighted by atomic mass is 35.5. The normalized spacial score (nSPS) is 10.7. The molecule has 1 aromatic heterocycles. The lowest BCUT2D eigenvalue weighted by molar-refractivity contribution is 1.15. The molecule has 0 saturated carbocycles. The zero-order valence-electron chi connectivity index (χ0n) is 21.4. The largest absolute Gasteiger partial charge is 0.308 e. The van der Waals surface area contributed by atoms with Crippen LogP contribution in [0, 0.1) is 0 Å². The summed E-state index contributed by atoms with van der Waals surface area (Å²) in [5.41, 5.74) is 6.97. The highest BCUT2D eigenvalue weighted by Gasteiger charge is 2.19. The van der Waals surface area contributed by atoms with Crippen LogP contribution in [0.4, 0.5) is 17.1 Å². The molecule has 0 saturated heterocycles. The molecule has 2 nitrogen and oxygen atoms in total. The second kappa shape index (κ2) is 11.3. The summed E-state index contributed by atoms with van der Waals surface area (Å²) in [6.45, 7) is 0. The van der Waals surface area contributed by atoms with E-state index in [1.807, 2.05) is 30.3 Å². The van der Waals surface area contributed by atoms with Gasteiger partial charge in [0.15, 0.2) is 0 Å². The fourth-order valence-electron chi connectivity index (χ4n) is 5.02. The Hall–Kier alpha value is -4.79. The molecular formula is C36H27ClN2. The minimum Gasteiger partial charge on any atom is -0.308 e. The molecule has 0 atom stereocenters. The first kappa shape index (κ1) is 24.5. The average Bonchev–Trinajstić information content (AvgIpc) is 3.34. The van der Waals surface area contributed by atoms with Gasteiger partial charge in [0.2, 0.25) is 0 Å². The highest BCUT2D eigenvalue weighted by molar-refractivity contribution is 6.30. The van der Waals surface area contributed by atoms with Gasteiger partial charge in [-0.25, -0.2) is 0 Å². The average molecular weight is 523 g/mol. The standard InChI is InChI=1S/C30H22N2.C6H5Cl/c1-3-13-23(14-4-1)31(24-15-5-2-6-16-24)29-21-11-12-22-30(29)32-27-19-9-7-17-25(27)26-18-8-10-20-28(26)32;7-6-4-2-1-3-5-6/h1-22H;1-5H. The highest BCUT2D eigenvalue weighted by Crippen LogP contribution is 2.41. The van der Waals surface area contributed by atoms with E-state index >= 15 is 0 Å². The van der Waals surface area contributed by atoms with Gasteiger partial charge in [-0.05, 0) is 60.7 Å². The van der Waals surface area contributed by atoms with E-state index in [9.17, 15) is 0 Å². The molecule has 0 unspecified atom stereocenters. The monoisotopic (exact) mass is 522 g/mol. The molecule has 0 N–H and O–H groups in total. The Bertz CT molecular complexity index is 1720. The summed E-state index contributed by atoms with van der Waals surface area (Å²) in [5, 5.41) is 3.33. The molecule has 0 aliphatic heterocycles. The lowest BCUT2D eigenvalue weighted by atomic mass is 10.1. The smallest absolute Gasteiger partial charge is 0.0702 e. The summed E-state index contributed by atoms with van der Waals surface area (Å²) in [6.07, 6.45) is 0. The Morgan fingerprint density at radius 2 is 0.821 bits per heavy atom. The number of benzene rings is 6. The lowest BCUT2D eigenvalue weighted by Gasteiger charge is -2.28. The fourth-order valence-corrected chi connectivity index (χ4v) is 5.17. The molecule has 7 aromatic rings. The molecule has 0 amide bonds. The number of anilines is 3. The first-order valence-corrected chi connectivity index (χ1v) is 13.4. The molecule has 188 valence electrons. The predicted molar refractivity (Wildman–Crippen MR) is 167 cm³/mol. The third-order valence-electron chi connectivity index (χ3n) is 6.71. The number of aromatic nitrogens is 1. The Morgan fingerprint density at radius 3 is 1.31 bits per heavy atom. The van der Waals surface area contributed by atoms with Crippen LogP contribution in [-0.4, -0.2) is 4.57 Å². The van der Waals surface area contributed by atoms with Crippen molar-refractivity contribution in [3.8, 4) is 5.69 Å². The third-order valence-corrected chi connectivity index (χ3v) is 6.96. The fraction of sp³-hybridized carbons (Fsp3) is 0. The number of halogens is 1. The maximum absolute atomic E-state index is 5.54. The molecule has 6 aromatic carbocycles. The van der Waals surface area contributed by atoms with Gasteiger partial charge in [0.1, 0.15) is 0 Å². The number of para-hydroxylation sites is 6. The molecule has 0 aliphatic rings. The van der Waals surface area contributed by atoms with Crippen molar-refractivity contribution in [1.82, 2.24) is 4.57 Å². The minimum absolute atomic E-state index is 0.794. The van der Waals surface area contributed by atoms with Gasteiger partial charge in [0.25, 0.3) is 0 Å². The molecule has 0 bridgehead atoms. The molecular weight excluding hydrogens is 496 g/mol. The van der Waals surface area contributed by atoms with Crippen LogP contribution in [0.25, 0.3) is 27.5 Å². The SMILES string of the molecule is Clc1ccccc1.c1ccc(N(c2ccccc2)c2ccccc2-n2c3ccccc3c3ccccc32)cc1. The van der Waals surface area contributed by atoms with Gasteiger partial charge in [0.05, 0.1) is 22.4 Å². The van der Waals surface area contributed by atoms with E-state index in [1.165, 1.54) is 21.8 Å². The molecule has 0 fully saturated rings. The Kier molecular flexibility index (Phi) is 7.11. The van der Waals surface area contributed by atoms with Gasteiger partial charge >= 0.3 is 0 Å². The predicted octanol–water partition coefficient (Wildman–Crippen LogP) is 10.6. The summed E-state index contributed by atoms with van der Waals surface area (Å²) in [7, 11) is 0. The summed E-state index contributed by atoms with van der Waals surface area (Å²) < 4.78 is 2.39. The maximum atomic E-state index is 5.54. The molecule has 0 radical (unpaired) electrons. The second-order valence-electron chi connectivity index (χ2n) is 9.16. The van der Waals surface area contributed by atoms with Crippen LogP contribution in [0.5, 0.6) is 0 Å². The zero-order valence-corrected chi connectivity index (χ0v) is 22.1. The van der Waals surface area contributed by atoms with E-state index in [4.69, 9.17) is 11.6 Å². The van der Waals surface area contributed by atoms with Crippen molar-refractivity contribution in [2.24, 2.45) is 0 Å². The zero-order chi connectivity index (χ0) is 26.4. The summed E-state index contributed by atoms with van der Waals surface area (Å²) >= 11 is 5.54. The van der Waals surface area contributed by atoms with Crippen molar-refractivity contribution in [2.45, 2.75) is 0 Å². The minimum atomic E-state index is 0.794. The summed E-state index contributed by atoms with van der Waals surface area (Å²) in [6, 6.07) is 56.6. The van der Waals surface area contributed by atoms with Crippen LogP contribution in [0.1, 0.15) is 0 Å². The second-order valence-corrected chi connectivity index (χ2v) is 9.60. The van der Waals surface area contributed by atoms with Crippen molar-refractivity contribution in [3.63, 3.8) is 0 Å². The van der Waals surface area contributed by atoms with Crippen LogP contribution < -0.4 is 4.90 Å². The van der Waals surface area contributed by atoms with Crippen LogP contribution in [0.15, 0.2) is 164 Å². The first-order chi connectivity index (χ1) is 19.3. The van der Waals surface area contributed by atoms with Crippen molar-refractivity contribution >= 4 is 50.5 Å². The van der Waals surface area contributed by atoms with Crippen molar-refractivity contribution < 1.29 is 0 Å². The van der Waals surface area contributed by atoms with Crippen LogP contribution in [-0.2, 0) is 0 Å². The molecule has 7 rings (SSSR count). The number of rotatable bonds is 4.